The lowest BCUT2D eigenvalue weighted by atomic mass is 10.1. The van der Waals surface area contributed by atoms with E-state index >= 15 is 0 Å². The Kier molecular flexibility index (Phi) is 5.23. The van der Waals surface area contributed by atoms with Crippen LogP contribution in [0.1, 0.15) is 11.1 Å². The molecule has 0 saturated carbocycles. The van der Waals surface area contributed by atoms with Crippen LogP contribution in [-0.4, -0.2) is 23.0 Å². The second kappa shape index (κ2) is 7.13. The largest absolute Gasteiger partial charge is 0.497 e. The molecule has 0 bridgehead atoms. The molecule has 2 aromatic rings. The molecule has 0 aromatic heterocycles. The van der Waals surface area contributed by atoms with E-state index in [9.17, 15) is 0 Å². The van der Waals surface area contributed by atoms with Crippen molar-refractivity contribution in [2.75, 3.05) is 14.2 Å². The maximum Gasteiger partial charge on any atom is 0.118 e. The van der Waals surface area contributed by atoms with Gasteiger partial charge in [-0.3, -0.25) is 0 Å². The van der Waals surface area contributed by atoms with E-state index in [-0.39, 0.29) is 0 Å². The van der Waals surface area contributed by atoms with Gasteiger partial charge >= 0.3 is 0 Å². The average Bonchev–Trinajstić information content (AvgIpc) is 2.53. The zero-order valence-corrected chi connectivity index (χ0v) is 14.0. The number of methoxy groups -OCH3 is 2. The number of hydrogen-bond acceptors (Lipinski definition) is 2. The molecular weight excluding hydrogens is 276 g/mol. The molecule has 0 aliphatic rings. The fourth-order valence-corrected chi connectivity index (χ4v) is 3.35. The maximum atomic E-state index is 5.23. The smallest absolute Gasteiger partial charge is 0.118 e. The molecule has 0 fully saturated rings. The average molecular weight is 297 g/mol. The molecule has 3 heteroatoms. The van der Waals surface area contributed by atoms with Crippen molar-refractivity contribution in [3.05, 3.63) is 59.7 Å². The van der Waals surface area contributed by atoms with Gasteiger partial charge in [0, 0.05) is 0 Å². The molecule has 0 aliphatic carbocycles. The molecule has 0 heterocycles. The van der Waals surface area contributed by atoms with Crippen LogP contribution in [0.2, 0.25) is 13.1 Å². The fraction of sp³-hybridized carbons (Fsp3) is 0.222. The first kappa shape index (κ1) is 15.4. The van der Waals surface area contributed by atoms with Gasteiger partial charge in [-0.1, -0.05) is 48.6 Å². The molecule has 0 atom stereocenters. The first-order valence-corrected chi connectivity index (χ1v) is 9.44. The molecule has 0 aliphatic heterocycles. The van der Waals surface area contributed by atoms with E-state index < -0.39 is 8.80 Å². The molecule has 0 N–H and O–H groups in total. The molecule has 0 saturated heterocycles. The summed E-state index contributed by atoms with van der Waals surface area (Å²) >= 11 is 0. The highest BCUT2D eigenvalue weighted by molar-refractivity contribution is 6.78. The molecule has 2 rings (SSSR count). The molecule has 21 heavy (non-hydrogen) atoms. The minimum Gasteiger partial charge on any atom is -0.497 e. The van der Waals surface area contributed by atoms with Crippen LogP contribution < -0.4 is 9.47 Å². The monoisotopic (exact) mass is 297 g/mol. The Labute approximate surface area is 128 Å². The Morgan fingerprint density at radius 3 is 1.71 bits per heavy atom. The Bertz CT molecular complexity index is 598. The molecule has 0 amide bonds. The summed E-state index contributed by atoms with van der Waals surface area (Å²) in [5, 5.41) is 1.41. The highest BCUT2D eigenvalue weighted by atomic mass is 28.3. The predicted molar refractivity (Wildman–Crippen MR) is 91.3 cm³/mol. The minimum atomic E-state index is -0.569. The third kappa shape index (κ3) is 3.98. The van der Waals surface area contributed by atoms with Crippen LogP contribution in [0.15, 0.2) is 48.5 Å². The van der Waals surface area contributed by atoms with Crippen molar-refractivity contribution in [3.63, 3.8) is 0 Å². The Hall–Kier alpha value is -2.00. The Morgan fingerprint density at radius 2 is 1.29 bits per heavy atom. The summed E-state index contributed by atoms with van der Waals surface area (Å²) in [5.41, 5.74) is 2.47. The summed E-state index contributed by atoms with van der Waals surface area (Å²) in [6, 6.07) is 16.5. The highest BCUT2D eigenvalue weighted by Crippen LogP contribution is 2.24. The predicted octanol–water partition coefficient (Wildman–Crippen LogP) is 4.54. The van der Waals surface area contributed by atoms with E-state index in [1.807, 2.05) is 24.3 Å². The fourth-order valence-electron chi connectivity index (χ4n) is 2.15. The summed E-state index contributed by atoms with van der Waals surface area (Å²) in [5.74, 6) is 1.78. The van der Waals surface area contributed by atoms with Gasteiger partial charge in [0.25, 0.3) is 0 Å². The van der Waals surface area contributed by atoms with Crippen molar-refractivity contribution in [2.45, 2.75) is 13.1 Å². The van der Waals surface area contributed by atoms with E-state index in [0.717, 1.165) is 11.5 Å². The zero-order chi connectivity index (χ0) is 15.2. The van der Waals surface area contributed by atoms with E-state index in [0.29, 0.717) is 0 Å². The van der Waals surface area contributed by atoms with Gasteiger partial charge in [0.15, 0.2) is 0 Å². The SMILES string of the molecule is COc1ccc(/C=C(\c2ccc(OC)cc2)[Si](C)C)cc1. The molecular formula is C18H21O2Si. The van der Waals surface area contributed by atoms with Crippen molar-refractivity contribution < 1.29 is 9.47 Å². The minimum absolute atomic E-state index is 0.569. The Morgan fingerprint density at radius 1 is 0.810 bits per heavy atom. The quantitative estimate of drug-likeness (QED) is 0.596. The second-order valence-electron chi connectivity index (χ2n) is 5.06. The second-order valence-corrected chi connectivity index (χ2v) is 7.60. The van der Waals surface area contributed by atoms with Crippen LogP contribution >= 0.6 is 0 Å². The summed E-state index contributed by atoms with van der Waals surface area (Å²) in [7, 11) is 2.81. The van der Waals surface area contributed by atoms with Gasteiger partial charge in [-0.05, 0) is 35.4 Å². The molecule has 1 radical (unpaired) electrons. The van der Waals surface area contributed by atoms with Gasteiger partial charge in [0.2, 0.25) is 0 Å². The van der Waals surface area contributed by atoms with Crippen molar-refractivity contribution >= 4 is 20.1 Å². The first-order chi connectivity index (χ1) is 10.1. The number of rotatable bonds is 5. The normalized spacial score (nSPS) is 11.6. The van der Waals surface area contributed by atoms with Gasteiger partial charge in [-0.2, -0.15) is 0 Å². The summed E-state index contributed by atoms with van der Waals surface area (Å²) in [6.45, 7) is 4.62. The van der Waals surface area contributed by atoms with Crippen molar-refractivity contribution in [1.82, 2.24) is 0 Å². The summed E-state index contributed by atoms with van der Waals surface area (Å²) in [4.78, 5) is 0. The Balaban J connectivity index is 2.34. The first-order valence-electron chi connectivity index (χ1n) is 6.94. The highest BCUT2D eigenvalue weighted by Gasteiger charge is 2.08. The van der Waals surface area contributed by atoms with Crippen LogP contribution in [0.4, 0.5) is 0 Å². The van der Waals surface area contributed by atoms with Crippen LogP contribution in [0.3, 0.4) is 0 Å². The zero-order valence-electron chi connectivity index (χ0n) is 13.0. The van der Waals surface area contributed by atoms with Crippen molar-refractivity contribution in [3.8, 4) is 11.5 Å². The van der Waals surface area contributed by atoms with Gasteiger partial charge in [0.1, 0.15) is 11.5 Å². The van der Waals surface area contributed by atoms with Crippen LogP contribution in [0, 0.1) is 0 Å². The van der Waals surface area contributed by atoms with E-state index in [2.05, 4.69) is 43.4 Å². The number of benzene rings is 2. The summed E-state index contributed by atoms with van der Waals surface area (Å²) < 4.78 is 10.4. The molecule has 0 unspecified atom stereocenters. The molecule has 0 spiro atoms. The van der Waals surface area contributed by atoms with Crippen molar-refractivity contribution in [1.29, 1.82) is 0 Å². The van der Waals surface area contributed by atoms with Crippen LogP contribution in [0.5, 0.6) is 11.5 Å². The van der Waals surface area contributed by atoms with E-state index in [1.54, 1.807) is 14.2 Å². The lowest BCUT2D eigenvalue weighted by Gasteiger charge is -2.12. The molecule has 109 valence electrons. The topological polar surface area (TPSA) is 18.5 Å². The van der Waals surface area contributed by atoms with Gasteiger partial charge < -0.3 is 9.47 Å². The standard InChI is InChI=1S/C18H21O2Si/c1-19-16-9-5-14(6-10-16)13-18(21(3)4)15-7-11-17(20-2)12-8-15/h5-13H,1-4H3/b18-13+. The van der Waals surface area contributed by atoms with Crippen LogP contribution in [-0.2, 0) is 0 Å². The third-order valence-electron chi connectivity index (χ3n) is 3.37. The lowest BCUT2D eigenvalue weighted by molar-refractivity contribution is 0.414. The van der Waals surface area contributed by atoms with Gasteiger partial charge in [-0.25, -0.2) is 0 Å². The van der Waals surface area contributed by atoms with Crippen LogP contribution in [0.25, 0.3) is 11.3 Å². The van der Waals surface area contributed by atoms with E-state index in [1.165, 1.54) is 16.3 Å². The molecule has 2 nitrogen and oxygen atoms in total. The number of ether oxygens (including phenoxy) is 2. The lowest BCUT2D eigenvalue weighted by Crippen LogP contribution is -2.04. The number of hydrogen-bond donors (Lipinski definition) is 0. The van der Waals surface area contributed by atoms with Gasteiger partial charge in [0.05, 0.1) is 23.0 Å². The molecule has 2 aromatic carbocycles. The third-order valence-corrected chi connectivity index (χ3v) is 4.88. The van der Waals surface area contributed by atoms with E-state index in [4.69, 9.17) is 9.47 Å². The summed E-state index contributed by atoms with van der Waals surface area (Å²) in [6.07, 6.45) is 2.27. The van der Waals surface area contributed by atoms with Gasteiger partial charge in [-0.15, -0.1) is 0 Å². The van der Waals surface area contributed by atoms with Crippen molar-refractivity contribution in [2.24, 2.45) is 0 Å². The maximum absolute atomic E-state index is 5.23.